The van der Waals surface area contributed by atoms with Gasteiger partial charge >= 0.3 is 0 Å². The molecule has 0 aliphatic carbocycles. The summed E-state index contributed by atoms with van der Waals surface area (Å²) in [6, 6.07) is 19.1. The number of aryl methyl sites for hydroxylation is 1. The molecule has 0 bridgehead atoms. The molecule has 0 aliphatic heterocycles. The fraction of sp³-hybridized carbons (Fsp3) is 0.304. The molecule has 3 N–H and O–H groups in total. The Morgan fingerprint density at radius 2 is 1.63 bits per heavy atom. The molecule has 27 heavy (non-hydrogen) atoms. The normalized spacial score (nSPS) is 15.4. The number of nitrogens with zero attached hydrogens (tertiary/aromatic N) is 1. The summed E-state index contributed by atoms with van der Waals surface area (Å²) in [5, 5.41) is 28.0. The van der Waals surface area contributed by atoms with Gasteiger partial charge in [-0.1, -0.05) is 42.5 Å². The standard InChI is InChI=1S/C23H26N2O2/c1-15(27)23(2,14-26)24-13-16-12-20-18-9-6-7-11-21(18)25(3)22(20)19-10-5-4-8-17(16)19/h4-12,15,24,26-27H,13-14H2,1-3H3/t15-,23+/m0/s1. The third-order valence-corrected chi connectivity index (χ3v) is 5.93. The van der Waals surface area contributed by atoms with Crippen molar-refractivity contribution in [2.45, 2.75) is 32.0 Å². The summed E-state index contributed by atoms with van der Waals surface area (Å²) in [7, 11) is 2.12. The van der Waals surface area contributed by atoms with Gasteiger partial charge in [0.2, 0.25) is 0 Å². The van der Waals surface area contributed by atoms with Crippen molar-refractivity contribution in [1.29, 1.82) is 0 Å². The first-order chi connectivity index (χ1) is 13.0. The second-order valence-electron chi connectivity index (χ2n) is 7.66. The van der Waals surface area contributed by atoms with Crippen LogP contribution in [0.25, 0.3) is 32.6 Å². The fourth-order valence-corrected chi connectivity index (χ4v) is 3.90. The lowest BCUT2D eigenvalue weighted by molar-refractivity contribution is 0.0404. The van der Waals surface area contributed by atoms with E-state index in [0.29, 0.717) is 6.54 Å². The number of benzene rings is 3. The summed E-state index contributed by atoms with van der Waals surface area (Å²) in [5.74, 6) is 0. The van der Waals surface area contributed by atoms with Crippen molar-refractivity contribution < 1.29 is 10.2 Å². The van der Waals surface area contributed by atoms with Crippen molar-refractivity contribution in [2.24, 2.45) is 7.05 Å². The Bertz CT molecular complexity index is 1130. The molecular formula is C23H26N2O2. The van der Waals surface area contributed by atoms with Gasteiger partial charge in [0.1, 0.15) is 0 Å². The molecule has 0 saturated heterocycles. The maximum atomic E-state index is 10.1. The minimum atomic E-state index is -0.741. The average Bonchev–Trinajstić information content (AvgIpc) is 2.98. The van der Waals surface area contributed by atoms with Crippen molar-refractivity contribution in [3.8, 4) is 0 Å². The molecule has 0 saturated carbocycles. The van der Waals surface area contributed by atoms with Crippen LogP contribution in [0, 0.1) is 0 Å². The molecule has 140 valence electrons. The largest absolute Gasteiger partial charge is 0.394 e. The molecule has 2 atom stereocenters. The Labute approximate surface area is 159 Å². The van der Waals surface area contributed by atoms with Crippen molar-refractivity contribution in [3.05, 3.63) is 60.2 Å². The molecule has 1 aromatic heterocycles. The van der Waals surface area contributed by atoms with Crippen LogP contribution in [0.15, 0.2) is 54.6 Å². The lowest BCUT2D eigenvalue weighted by Crippen LogP contribution is -2.53. The molecule has 4 rings (SSSR count). The second-order valence-corrected chi connectivity index (χ2v) is 7.66. The van der Waals surface area contributed by atoms with Gasteiger partial charge < -0.3 is 20.1 Å². The molecule has 0 amide bonds. The number of hydrogen-bond donors (Lipinski definition) is 3. The van der Waals surface area contributed by atoms with Crippen LogP contribution in [-0.4, -0.2) is 33.0 Å². The van der Waals surface area contributed by atoms with E-state index in [1.165, 1.54) is 32.6 Å². The zero-order valence-electron chi connectivity index (χ0n) is 16.0. The lowest BCUT2D eigenvalue weighted by atomic mass is 9.95. The van der Waals surface area contributed by atoms with Gasteiger partial charge in [-0.25, -0.2) is 0 Å². The Kier molecular flexibility index (Phi) is 4.42. The van der Waals surface area contributed by atoms with E-state index >= 15 is 0 Å². The maximum Gasteiger partial charge on any atom is 0.0713 e. The van der Waals surface area contributed by atoms with E-state index in [4.69, 9.17) is 0 Å². The molecule has 0 radical (unpaired) electrons. The highest BCUT2D eigenvalue weighted by Gasteiger charge is 2.28. The van der Waals surface area contributed by atoms with Gasteiger partial charge in [-0.3, -0.25) is 0 Å². The highest BCUT2D eigenvalue weighted by atomic mass is 16.3. The summed E-state index contributed by atoms with van der Waals surface area (Å²) in [6.45, 7) is 3.99. The molecule has 4 nitrogen and oxygen atoms in total. The minimum Gasteiger partial charge on any atom is -0.394 e. The molecule has 0 fully saturated rings. The van der Waals surface area contributed by atoms with Crippen LogP contribution in [0.2, 0.25) is 0 Å². The molecule has 4 heteroatoms. The van der Waals surface area contributed by atoms with E-state index in [9.17, 15) is 10.2 Å². The van der Waals surface area contributed by atoms with Crippen LogP contribution in [0.1, 0.15) is 19.4 Å². The highest BCUT2D eigenvalue weighted by molar-refractivity contribution is 6.18. The molecule has 0 spiro atoms. The number of aliphatic hydroxyl groups is 2. The van der Waals surface area contributed by atoms with Gasteiger partial charge in [0, 0.05) is 35.3 Å². The Hall–Kier alpha value is -2.40. The van der Waals surface area contributed by atoms with Crippen LogP contribution in [0.5, 0.6) is 0 Å². The maximum absolute atomic E-state index is 10.1. The van der Waals surface area contributed by atoms with E-state index in [1.54, 1.807) is 6.92 Å². The molecule has 0 unspecified atom stereocenters. The first kappa shape index (κ1) is 18.0. The Morgan fingerprint density at radius 3 is 2.30 bits per heavy atom. The van der Waals surface area contributed by atoms with E-state index in [1.807, 2.05) is 6.92 Å². The van der Waals surface area contributed by atoms with Crippen molar-refractivity contribution in [2.75, 3.05) is 6.61 Å². The summed E-state index contributed by atoms with van der Waals surface area (Å²) in [5.41, 5.74) is 2.87. The third-order valence-electron chi connectivity index (χ3n) is 5.93. The number of aromatic nitrogens is 1. The molecular weight excluding hydrogens is 336 g/mol. The molecule has 3 aromatic carbocycles. The van der Waals surface area contributed by atoms with Gasteiger partial charge in [-0.15, -0.1) is 0 Å². The van der Waals surface area contributed by atoms with Crippen LogP contribution in [-0.2, 0) is 13.6 Å². The average molecular weight is 362 g/mol. The number of para-hydroxylation sites is 1. The quantitative estimate of drug-likeness (QED) is 0.507. The predicted octanol–water partition coefficient (Wildman–Crippen LogP) is 3.71. The zero-order valence-corrected chi connectivity index (χ0v) is 16.0. The predicted molar refractivity (Wildman–Crippen MR) is 112 cm³/mol. The SMILES string of the molecule is C[C@H](O)[C@@](C)(CO)NCc1cc2c3ccccc3n(C)c2c2ccccc12. The number of aliphatic hydroxyl groups excluding tert-OH is 2. The Balaban J connectivity index is 1.94. The summed E-state index contributed by atoms with van der Waals surface area (Å²) < 4.78 is 2.26. The lowest BCUT2D eigenvalue weighted by Gasteiger charge is -2.32. The van der Waals surface area contributed by atoms with Crippen LogP contribution in [0.4, 0.5) is 0 Å². The van der Waals surface area contributed by atoms with Gasteiger partial charge in [-0.2, -0.15) is 0 Å². The van der Waals surface area contributed by atoms with E-state index in [0.717, 1.165) is 5.56 Å². The molecule has 1 heterocycles. The van der Waals surface area contributed by atoms with Gasteiger partial charge in [0.15, 0.2) is 0 Å². The number of rotatable bonds is 5. The summed E-state index contributed by atoms with van der Waals surface area (Å²) in [4.78, 5) is 0. The zero-order chi connectivity index (χ0) is 19.2. The Morgan fingerprint density at radius 1 is 1.00 bits per heavy atom. The first-order valence-corrected chi connectivity index (χ1v) is 9.38. The van der Waals surface area contributed by atoms with Gasteiger partial charge in [0.25, 0.3) is 0 Å². The number of fused-ring (bicyclic) bond motifs is 5. The van der Waals surface area contributed by atoms with Gasteiger partial charge in [0.05, 0.1) is 23.8 Å². The number of nitrogens with one attached hydrogen (secondary N) is 1. The summed E-state index contributed by atoms with van der Waals surface area (Å²) >= 11 is 0. The molecule has 4 aromatic rings. The van der Waals surface area contributed by atoms with Crippen LogP contribution >= 0.6 is 0 Å². The monoisotopic (exact) mass is 362 g/mol. The molecule has 0 aliphatic rings. The smallest absolute Gasteiger partial charge is 0.0713 e. The van der Waals surface area contributed by atoms with Crippen molar-refractivity contribution >= 4 is 32.6 Å². The van der Waals surface area contributed by atoms with Crippen molar-refractivity contribution in [1.82, 2.24) is 9.88 Å². The van der Waals surface area contributed by atoms with Gasteiger partial charge in [-0.05, 0) is 36.9 Å². The highest BCUT2D eigenvalue weighted by Crippen LogP contribution is 2.35. The minimum absolute atomic E-state index is 0.126. The number of hydrogen-bond acceptors (Lipinski definition) is 3. The van der Waals surface area contributed by atoms with E-state index < -0.39 is 11.6 Å². The second kappa shape index (κ2) is 6.64. The fourth-order valence-electron chi connectivity index (χ4n) is 3.90. The van der Waals surface area contributed by atoms with Crippen LogP contribution in [0.3, 0.4) is 0 Å². The van der Waals surface area contributed by atoms with E-state index in [-0.39, 0.29) is 6.61 Å². The topological polar surface area (TPSA) is 57.4 Å². The summed E-state index contributed by atoms with van der Waals surface area (Å²) in [6.07, 6.45) is -0.657. The van der Waals surface area contributed by atoms with Crippen molar-refractivity contribution in [3.63, 3.8) is 0 Å². The first-order valence-electron chi connectivity index (χ1n) is 9.38. The third kappa shape index (κ3) is 2.81. The van der Waals surface area contributed by atoms with Crippen LogP contribution < -0.4 is 5.32 Å². The van der Waals surface area contributed by atoms with E-state index in [2.05, 4.69) is 71.5 Å².